The van der Waals surface area contributed by atoms with Crippen molar-refractivity contribution < 1.29 is 4.39 Å². The smallest absolute Gasteiger partial charge is 0.146 e. The Labute approximate surface area is 121 Å². The Morgan fingerprint density at radius 1 is 1.35 bits per heavy atom. The van der Waals surface area contributed by atoms with Gasteiger partial charge in [-0.25, -0.2) is 4.39 Å². The number of piperidine rings is 1. The quantitative estimate of drug-likeness (QED) is 0.919. The van der Waals surface area contributed by atoms with Crippen molar-refractivity contribution in [2.45, 2.75) is 25.8 Å². The van der Waals surface area contributed by atoms with Crippen LogP contribution in [0, 0.1) is 11.7 Å². The largest absolute Gasteiger partial charge is 0.369 e. The van der Waals surface area contributed by atoms with Crippen molar-refractivity contribution in [3.63, 3.8) is 0 Å². The Balaban J connectivity index is 2.00. The van der Waals surface area contributed by atoms with Crippen LogP contribution in [0.1, 0.15) is 31.4 Å². The second-order valence-corrected chi connectivity index (χ2v) is 6.19. The molecule has 1 atom stereocenters. The molecule has 1 saturated heterocycles. The minimum absolute atomic E-state index is 0.121. The van der Waals surface area contributed by atoms with E-state index < -0.39 is 0 Å². The van der Waals surface area contributed by atoms with Gasteiger partial charge in [-0.15, -0.1) is 0 Å². The molecule has 0 aromatic heterocycles. The molecule has 1 aliphatic heterocycles. The van der Waals surface area contributed by atoms with Gasteiger partial charge in [0.15, 0.2) is 0 Å². The van der Waals surface area contributed by atoms with E-state index in [1.54, 1.807) is 6.07 Å². The highest BCUT2D eigenvalue weighted by molar-refractivity contribution is 5.49. The molecule has 3 nitrogen and oxygen atoms in total. The van der Waals surface area contributed by atoms with Gasteiger partial charge in [-0.3, -0.25) is 0 Å². The average molecular weight is 279 g/mol. The van der Waals surface area contributed by atoms with Gasteiger partial charge < -0.3 is 15.5 Å². The third-order valence-corrected chi connectivity index (χ3v) is 4.08. The molecule has 1 aromatic carbocycles. The lowest BCUT2D eigenvalue weighted by atomic mass is 9.95. The third kappa shape index (κ3) is 3.70. The number of anilines is 1. The molecule has 4 heteroatoms. The highest BCUT2D eigenvalue weighted by atomic mass is 19.1. The molecule has 0 bridgehead atoms. The number of halogens is 1. The molecular weight excluding hydrogens is 253 g/mol. The summed E-state index contributed by atoms with van der Waals surface area (Å²) in [5, 5.41) is 0. The average Bonchev–Trinajstić information content (AvgIpc) is 2.39. The number of hydrogen-bond acceptors (Lipinski definition) is 3. The molecular formula is C16H26FN3. The van der Waals surface area contributed by atoms with Crippen LogP contribution in [-0.2, 0) is 0 Å². The lowest BCUT2D eigenvalue weighted by Crippen LogP contribution is -2.37. The Morgan fingerprint density at radius 2 is 2.00 bits per heavy atom. The Bertz CT molecular complexity index is 437. The first-order valence-corrected chi connectivity index (χ1v) is 7.42. The molecule has 0 radical (unpaired) electrons. The summed E-state index contributed by atoms with van der Waals surface area (Å²) in [7, 11) is 4.22. The highest BCUT2D eigenvalue weighted by Crippen LogP contribution is 2.27. The normalized spacial score (nSPS) is 18.6. The van der Waals surface area contributed by atoms with Crippen molar-refractivity contribution >= 4 is 5.69 Å². The van der Waals surface area contributed by atoms with Crippen molar-refractivity contribution in [1.29, 1.82) is 0 Å². The molecule has 0 saturated carbocycles. The van der Waals surface area contributed by atoms with Gasteiger partial charge in [-0.2, -0.15) is 0 Å². The second-order valence-electron chi connectivity index (χ2n) is 6.19. The van der Waals surface area contributed by atoms with Crippen LogP contribution in [0.15, 0.2) is 18.2 Å². The third-order valence-electron chi connectivity index (χ3n) is 4.08. The summed E-state index contributed by atoms with van der Waals surface area (Å²) in [6, 6.07) is 5.27. The van der Waals surface area contributed by atoms with Crippen molar-refractivity contribution in [1.82, 2.24) is 4.90 Å². The summed E-state index contributed by atoms with van der Waals surface area (Å²) in [6.45, 7) is 4.88. The number of hydrogen-bond donors (Lipinski definition) is 1. The van der Waals surface area contributed by atoms with Crippen LogP contribution in [0.4, 0.5) is 10.1 Å². The van der Waals surface area contributed by atoms with E-state index in [1.807, 2.05) is 19.1 Å². The molecule has 0 unspecified atom stereocenters. The molecule has 2 rings (SSSR count). The molecule has 1 aromatic rings. The van der Waals surface area contributed by atoms with Gasteiger partial charge in [0.2, 0.25) is 0 Å². The van der Waals surface area contributed by atoms with Gasteiger partial charge in [0.05, 0.1) is 5.69 Å². The summed E-state index contributed by atoms with van der Waals surface area (Å²) < 4.78 is 14.2. The van der Waals surface area contributed by atoms with Gasteiger partial charge in [0.25, 0.3) is 0 Å². The summed E-state index contributed by atoms with van der Waals surface area (Å²) in [4.78, 5) is 4.39. The fourth-order valence-electron chi connectivity index (χ4n) is 2.94. The summed E-state index contributed by atoms with van der Waals surface area (Å²) in [6.07, 6.45) is 2.26. The molecule has 1 fully saturated rings. The van der Waals surface area contributed by atoms with E-state index in [9.17, 15) is 4.39 Å². The first kappa shape index (κ1) is 15.3. The van der Waals surface area contributed by atoms with Gasteiger partial charge in [-0.1, -0.05) is 6.07 Å². The molecule has 1 aliphatic rings. The second kappa shape index (κ2) is 6.55. The summed E-state index contributed by atoms with van der Waals surface area (Å²) >= 11 is 0. The zero-order valence-corrected chi connectivity index (χ0v) is 12.8. The first-order chi connectivity index (χ1) is 9.47. The van der Waals surface area contributed by atoms with Crippen LogP contribution < -0.4 is 10.6 Å². The van der Waals surface area contributed by atoms with Gasteiger partial charge in [0.1, 0.15) is 5.82 Å². The topological polar surface area (TPSA) is 32.5 Å². The standard InChI is InChI=1S/C16H26FN3/c1-12(18)14-4-5-16(15(17)10-14)20-8-6-13(7-9-20)11-19(2)3/h4-5,10,12-13H,6-9,11,18H2,1-3H3/t12-/m0/s1. The molecule has 0 aliphatic carbocycles. The maximum absolute atomic E-state index is 14.2. The number of rotatable bonds is 4. The highest BCUT2D eigenvalue weighted by Gasteiger charge is 2.21. The maximum Gasteiger partial charge on any atom is 0.146 e. The Morgan fingerprint density at radius 3 is 2.50 bits per heavy atom. The van der Waals surface area contributed by atoms with Crippen molar-refractivity contribution in [3.8, 4) is 0 Å². The Hall–Kier alpha value is -1.13. The minimum Gasteiger partial charge on any atom is -0.369 e. The molecule has 1 heterocycles. The van der Waals surface area contributed by atoms with Crippen LogP contribution in [0.2, 0.25) is 0 Å². The van der Waals surface area contributed by atoms with E-state index in [1.165, 1.54) is 0 Å². The van der Waals surface area contributed by atoms with Crippen LogP contribution >= 0.6 is 0 Å². The summed E-state index contributed by atoms with van der Waals surface area (Å²) in [5.41, 5.74) is 7.37. The van der Waals surface area contributed by atoms with Gasteiger partial charge in [0, 0.05) is 25.7 Å². The zero-order valence-electron chi connectivity index (χ0n) is 12.8. The predicted molar refractivity (Wildman–Crippen MR) is 82.5 cm³/mol. The first-order valence-electron chi connectivity index (χ1n) is 7.42. The van der Waals surface area contributed by atoms with Crippen molar-refractivity contribution in [3.05, 3.63) is 29.6 Å². The molecule has 0 spiro atoms. The fourth-order valence-corrected chi connectivity index (χ4v) is 2.94. The van der Waals surface area contributed by atoms with Crippen LogP contribution in [0.5, 0.6) is 0 Å². The van der Waals surface area contributed by atoms with E-state index in [-0.39, 0.29) is 11.9 Å². The predicted octanol–water partition coefficient (Wildman–Crippen LogP) is 2.62. The monoisotopic (exact) mass is 279 g/mol. The SMILES string of the molecule is C[C@H](N)c1ccc(N2CCC(CN(C)C)CC2)c(F)c1. The van der Waals surface area contributed by atoms with Gasteiger partial charge in [-0.05, 0) is 57.5 Å². The molecule has 2 N–H and O–H groups in total. The number of nitrogens with two attached hydrogens (primary N) is 1. The van der Waals surface area contributed by atoms with Crippen LogP contribution in [0.25, 0.3) is 0 Å². The fraction of sp³-hybridized carbons (Fsp3) is 0.625. The lowest BCUT2D eigenvalue weighted by molar-refractivity contribution is 0.284. The number of benzene rings is 1. The van der Waals surface area contributed by atoms with Gasteiger partial charge >= 0.3 is 0 Å². The van der Waals surface area contributed by atoms with E-state index in [4.69, 9.17) is 5.73 Å². The van der Waals surface area contributed by atoms with Crippen molar-refractivity contribution in [2.24, 2.45) is 11.7 Å². The van der Waals surface area contributed by atoms with E-state index >= 15 is 0 Å². The Kier molecular flexibility index (Phi) is 5.00. The van der Waals surface area contributed by atoms with E-state index in [0.717, 1.165) is 49.6 Å². The summed E-state index contributed by atoms with van der Waals surface area (Å²) in [5.74, 6) is 0.582. The maximum atomic E-state index is 14.2. The lowest BCUT2D eigenvalue weighted by Gasteiger charge is -2.35. The molecule has 20 heavy (non-hydrogen) atoms. The molecule has 0 amide bonds. The van der Waals surface area contributed by atoms with Crippen molar-refractivity contribution in [2.75, 3.05) is 38.6 Å². The molecule has 112 valence electrons. The van der Waals surface area contributed by atoms with Crippen LogP contribution in [0.3, 0.4) is 0 Å². The minimum atomic E-state index is -0.147. The van der Waals surface area contributed by atoms with E-state index in [0.29, 0.717) is 0 Å². The van der Waals surface area contributed by atoms with Crippen LogP contribution in [-0.4, -0.2) is 38.6 Å². The number of nitrogens with zero attached hydrogens (tertiary/aromatic N) is 2. The van der Waals surface area contributed by atoms with E-state index in [2.05, 4.69) is 23.9 Å². The zero-order chi connectivity index (χ0) is 14.7.